The third-order valence-corrected chi connectivity index (χ3v) is 6.50. The second kappa shape index (κ2) is 6.47. The molecule has 2 N–H and O–H groups in total. The lowest BCUT2D eigenvalue weighted by atomic mass is 10.1. The monoisotopic (exact) mass is 354 g/mol. The Kier molecular flexibility index (Phi) is 5.79. The second-order valence-corrected chi connectivity index (χ2v) is 8.67. The van der Waals surface area contributed by atoms with Gasteiger partial charge in [0.2, 0.25) is 10.0 Å². The minimum atomic E-state index is -3.45. The van der Waals surface area contributed by atoms with Crippen LogP contribution in [0.15, 0.2) is 14.7 Å². The summed E-state index contributed by atoms with van der Waals surface area (Å²) in [5.74, 6) is 0.258. The van der Waals surface area contributed by atoms with E-state index < -0.39 is 10.0 Å². The van der Waals surface area contributed by atoms with Gasteiger partial charge in [-0.05, 0) is 41.9 Å². The van der Waals surface area contributed by atoms with Gasteiger partial charge in [-0.15, -0.1) is 11.3 Å². The lowest BCUT2D eigenvalue weighted by Gasteiger charge is -2.17. The Balaban J connectivity index is 2.98. The van der Waals surface area contributed by atoms with Crippen LogP contribution in [-0.2, 0) is 16.6 Å². The van der Waals surface area contributed by atoms with Crippen LogP contribution in [0.5, 0.6) is 0 Å². The molecule has 0 saturated heterocycles. The molecule has 1 aromatic rings. The molecular formula is C11H19BrN2O2S2. The highest BCUT2D eigenvalue weighted by atomic mass is 79.9. The van der Waals surface area contributed by atoms with Gasteiger partial charge in [-0.3, -0.25) is 0 Å². The Hall–Kier alpha value is 0.0500. The molecule has 1 unspecified atom stereocenters. The molecule has 4 nitrogen and oxygen atoms in total. The third-order valence-electron chi connectivity index (χ3n) is 2.69. The highest BCUT2D eigenvalue weighted by molar-refractivity contribution is 9.11. The molecule has 0 saturated carbocycles. The molecule has 0 aromatic carbocycles. The average molecular weight is 355 g/mol. The van der Waals surface area contributed by atoms with Crippen LogP contribution in [-0.4, -0.2) is 21.5 Å². The van der Waals surface area contributed by atoms with E-state index in [0.717, 1.165) is 4.88 Å². The van der Waals surface area contributed by atoms with Gasteiger partial charge >= 0.3 is 0 Å². The molecule has 0 fully saturated rings. The topological polar surface area (TPSA) is 58.2 Å². The van der Waals surface area contributed by atoms with Crippen molar-refractivity contribution in [2.24, 2.45) is 5.92 Å². The van der Waals surface area contributed by atoms with Crippen LogP contribution in [0.25, 0.3) is 0 Å². The van der Waals surface area contributed by atoms with Crippen LogP contribution in [0.2, 0.25) is 0 Å². The first-order valence-electron chi connectivity index (χ1n) is 5.73. The van der Waals surface area contributed by atoms with E-state index in [0.29, 0.717) is 15.2 Å². The summed E-state index contributed by atoms with van der Waals surface area (Å²) in [6, 6.07) is 1.62. The Morgan fingerprint density at radius 1 is 1.39 bits per heavy atom. The highest BCUT2D eigenvalue weighted by Crippen LogP contribution is 2.31. The molecule has 104 valence electrons. The number of hydrogen-bond donors (Lipinski definition) is 2. The van der Waals surface area contributed by atoms with Gasteiger partial charge in [0.1, 0.15) is 4.90 Å². The van der Waals surface area contributed by atoms with E-state index in [1.165, 1.54) is 11.3 Å². The van der Waals surface area contributed by atoms with Crippen LogP contribution in [0, 0.1) is 5.92 Å². The molecule has 0 bridgehead atoms. The van der Waals surface area contributed by atoms with E-state index >= 15 is 0 Å². The fourth-order valence-electron chi connectivity index (χ4n) is 1.29. The van der Waals surface area contributed by atoms with Crippen LogP contribution >= 0.6 is 27.3 Å². The summed E-state index contributed by atoms with van der Waals surface area (Å²) < 4.78 is 27.8. The van der Waals surface area contributed by atoms with Gasteiger partial charge in [-0.2, -0.15) is 0 Å². The summed E-state index contributed by atoms with van der Waals surface area (Å²) in [6.45, 7) is 6.51. The van der Waals surface area contributed by atoms with Crippen molar-refractivity contribution in [1.82, 2.24) is 10.0 Å². The minimum absolute atomic E-state index is 0.0884. The van der Waals surface area contributed by atoms with E-state index in [-0.39, 0.29) is 12.0 Å². The zero-order valence-electron chi connectivity index (χ0n) is 11.0. The molecule has 1 aromatic heterocycles. The van der Waals surface area contributed by atoms with Crippen molar-refractivity contribution < 1.29 is 8.42 Å². The fourth-order valence-corrected chi connectivity index (χ4v) is 5.37. The average Bonchev–Trinajstić information content (AvgIpc) is 2.60. The molecule has 0 radical (unpaired) electrons. The van der Waals surface area contributed by atoms with Crippen LogP contribution in [0.1, 0.15) is 25.6 Å². The number of nitrogens with one attached hydrogen (secondary N) is 2. The lowest BCUT2D eigenvalue weighted by Crippen LogP contribution is -2.36. The molecule has 0 aliphatic carbocycles. The van der Waals surface area contributed by atoms with Crippen molar-refractivity contribution in [2.75, 3.05) is 7.05 Å². The summed E-state index contributed by atoms with van der Waals surface area (Å²) in [4.78, 5) is 1.31. The maximum Gasteiger partial charge on any atom is 0.242 e. The zero-order valence-corrected chi connectivity index (χ0v) is 14.2. The standard InChI is InChI=1S/C11H19BrN2O2S2/c1-7(2)8(3)14-18(15,16)10-5-9(6-13-4)17-11(10)12/h5,7-8,13-14H,6H2,1-4H3. The number of thiophene rings is 1. The molecule has 7 heteroatoms. The summed E-state index contributed by atoms with van der Waals surface area (Å²) in [5, 5.41) is 3.01. The molecule has 0 aliphatic heterocycles. The van der Waals surface area contributed by atoms with Crippen molar-refractivity contribution in [1.29, 1.82) is 0 Å². The lowest BCUT2D eigenvalue weighted by molar-refractivity contribution is 0.476. The Morgan fingerprint density at radius 2 is 2.00 bits per heavy atom. The molecule has 1 rings (SSSR count). The van der Waals surface area contributed by atoms with Crippen molar-refractivity contribution in [3.63, 3.8) is 0 Å². The van der Waals surface area contributed by atoms with Gasteiger partial charge < -0.3 is 5.32 Å². The molecule has 1 atom stereocenters. The molecule has 0 spiro atoms. The predicted octanol–water partition coefficient (Wildman–Crippen LogP) is 2.55. The minimum Gasteiger partial charge on any atom is -0.315 e. The third kappa shape index (κ3) is 4.03. The van der Waals surface area contributed by atoms with E-state index in [4.69, 9.17) is 0 Å². The van der Waals surface area contributed by atoms with Gasteiger partial charge in [0.05, 0.1) is 3.79 Å². The summed E-state index contributed by atoms with van der Waals surface area (Å²) >= 11 is 4.76. The van der Waals surface area contributed by atoms with Crippen molar-refractivity contribution >= 4 is 37.3 Å². The molecule has 18 heavy (non-hydrogen) atoms. The first-order valence-corrected chi connectivity index (χ1v) is 8.82. The van der Waals surface area contributed by atoms with Gasteiger partial charge in [-0.1, -0.05) is 13.8 Å². The van der Waals surface area contributed by atoms with Gasteiger partial charge in [0.25, 0.3) is 0 Å². The fraction of sp³-hybridized carbons (Fsp3) is 0.636. The maximum atomic E-state index is 12.2. The molecule has 0 amide bonds. The smallest absolute Gasteiger partial charge is 0.242 e. The Morgan fingerprint density at radius 3 is 2.50 bits per heavy atom. The molecule has 0 aliphatic rings. The van der Waals surface area contributed by atoms with E-state index in [9.17, 15) is 8.42 Å². The SMILES string of the molecule is CNCc1cc(S(=O)(=O)NC(C)C(C)C)c(Br)s1. The summed E-state index contributed by atoms with van der Waals surface area (Å²) in [5.41, 5.74) is 0. The van der Waals surface area contributed by atoms with E-state index in [1.54, 1.807) is 6.07 Å². The number of sulfonamides is 1. The number of halogens is 1. The van der Waals surface area contributed by atoms with Crippen molar-refractivity contribution in [3.05, 3.63) is 14.7 Å². The van der Waals surface area contributed by atoms with Crippen LogP contribution in [0.3, 0.4) is 0 Å². The Bertz CT molecular complexity index is 497. The van der Waals surface area contributed by atoms with Gasteiger partial charge in [-0.25, -0.2) is 13.1 Å². The molecular weight excluding hydrogens is 336 g/mol. The van der Waals surface area contributed by atoms with E-state index in [1.807, 2.05) is 27.8 Å². The van der Waals surface area contributed by atoms with Crippen LogP contribution < -0.4 is 10.0 Å². The normalized spacial score (nSPS) is 14.1. The quantitative estimate of drug-likeness (QED) is 0.825. The Labute approximate surface area is 121 Å². The van der Waals surface area contributed by atoms with Crippen molar-refractivity contribution in [3.8, 4) is 0 Å². The molecule has 1 heterocycles. The summed E-state index contributed by atoms with van der Waals surface area (Å²) in [7, 11) is -1.61. The predicted molar refractivity (Wildman–Crippen MR) is 79.4 cm³/mol. The highest BCUT2D eigenvalue weighted by Gasteiger charge is 2.23. The number of rotatable bonds is 6. The van der Waals surface area contributed by atoms with Gasteiger partial charge in [0, 0.05) is 17.5 Å². The van der Waals surface area contributed by atoms with Crippen LogP contribution in [0.4, 0.5) is 0 Å². The van der Waals surface area contributed by atoms with Gasteiger partial charge in [0.15, 0.2) is 0 Å². The largest absolute Gasteiger partial charge is 0.315 e. The second-order valence-electron chi connectivity index (χ2n) is 4.53. The summed E-state index contributed by atoms with van der Waals surface area (Å²) in [6.07, 6.45) is 0. The van der Waals surface area contributed by atoms with Crippen molar-refractivity contribution in [2.45, 2.75) is 38.3 Å². The van der Waals surface area contributed by atoms with E-state index in [2.05, 4.69) is 26.0 Å². The number of hydrogen-bond acceptors (Lipinski definition) is 4. The zero-order chi connectivity index (χ0) is 13.9. The maximum absolute atomic E-state index is 12.2. The first kappa shape index (κ1) is 16.1. The first-order chi connectivity index (χ1) is 8.27.